The highest BCUT2D eigenvalue weighted by Gasteiger charge is 2.33. The van der Waals surface area contributed by atoms with Crippen molar-refractivity contribution in [2.75, 3.05) is 44.2 Å². The third-order valence-electron chi connectivity index (χ3n) is 5.73. The van der Waals surface area contributed by atoms with Gasteiger partial charge in [-0.15, -0.1) is 0 Å². The standard InChI is InChI=1S/C22H27ClN4O/c23-19-9-10-20(24-17-19)25-13-15-26(16-14-25)21(18-7-3-1-4-8-18)22(28)27-11-5-2-6-12-27/h1,3-4,7-10,17,21H,2,5-6,11-16H2. The van der Waals surface area contributed by atoms with Gasteiger partial charge in [0.1, 0.15) is 11.9 Å². The molecule has 6 heteroatoms. The first-order valence-electron chi connectivity index (χ1n) is 10.2. The van der Waals surface area contributed by atoms with E-state index in [4.69, 9.17) is 11.6 Å². The number of benzene rings is 1. The smallest absolute Gasteiger partial charge is 0.244 e. The van der Waals surface area contributed by atoms with Crippen LogP contribution in [0.1, 0.15) is 30.9 Å². The zero-order chi connectivity index (χ0) is 19.3. The minimum atomic E-state index is -0.195. The van der Waals surface area contributed by atoms with E-state index in [0.29, 0.717) is 5.02 Å². The van der Waals surface area contributed by atoms with E-state index in [1.165, 1.54) is 6.42 Å². The number of likely N-dealkylation sites (tertiary alicyclic amines) is 1. The zero-order valence-electron chi connectivity index (χ0n) is 16.1. The van der Waals surface area contributed by atoms with E-state index in [1.807, 2.05) is 30.3 Å². The Bertz CT molecular complexity index is 769. The van der Waals surface area contributed by atoms with Gasteiger partial charge in [-0.1, -0.05) is 41.9 Å². The number of hydrogen-bond donors (Lipinski definition) is 0. The maximum atomic E-state index is 13.4. The van der Waals surface area contributed by atoms with Crippen molar-refractivity contribution in [2.45, 2.75) is 25.3 Å². The summed E-state index contributed by atoms with van der Waals surface area (Å²) >= 11 is 5.96. The molecule has 148 valence electrons. The lowest BCUT2D eigenvalue weighted by Gasteiger charge is -2.41. The molecule has 4 rings (SSSR count). The van der Waals surface area contributed by atoms with E-state index in [9.17, 15) is 4.79 Å². The number of amides is 1. The van der Waals surface area contributed by atoms with Crippen LogP contribution in [0.4, 0.5) is 5.82 Å². The summed E-state index contributed by atoms with van der Waals surface area (Å²) in [5.41, 5.74) is 1.09. The number of nitrogens with zero attached hydrogens (tertiary/aromatic N) is 4. The first kappa shape index (κ1) is 19.2. The van der Waals surface area contributed by atoms with Crippen molar-refractivity contribution in [3.63, 3.8) is 0 Å². The van der Waals surface area contributed by atoms with Crippen LogP contribution in [-0.2, 0) is 4.79 Å². The Morgan fingerprint density at radius 3 is 2.25 bits per heavy atom. The largest absolute Gasteiger partial charge is 0.354 e. The Hall–Kier alpha value is -2.11. The molecule has 0 N–H and O–H groups in total. The average Bonchev–Trinajstić information content (AvgIpc) is 2.76. The molecule has 2 aliphatic rings. The summed E-state index contributed by atoms with van der Waals surface area (Å²) < 4.78 is 0. The molecular weight excluding hydrogens is 372 g/mol. The van der Waals surface area contributed by atoms with Gasteiger partial charge in [0, 0.05) is 45.5 Å². The number of piperazine rings is 1. The highest BCUT2D eigenvalue weighted by Crippen LogP contribution is 2.27. The molecule has 0 spiro atoms. The quantitative estimate of drug-likeness (QED) is 0.788. The van der Waals surface area contributed by atoms with E-state index >= 15 is 0 Å². The normalized spacial score (nSPS) is 19.5. The van der Waals surface area contributed by atoms with Crippen LogP contribution < -0.4 is 4.90 Å². The number of carbonyl (C=O) groups is 1. The molecule has 1 aromatic heterocycles. The maximum Gasteiger partial charge on any atom is 0.244 e. The SMILES string of the molecule is O=C(C(c1ccccc1)N1CCN(c2ccc(Cl)cn2)CC1)N1CCCCC1. The molecule has 0 radical (unpaired) electrons. The Morgan fingerprint density at radius 2 is 1.61 bits per heavy atom. The summed E-state index contributed by atoms with van der Waals surface area (Å²) in [5, 5.41) is 0.652. The number of pyridine rings is 1. The lowest BCUT2D eigenvalue weighted by molar-refractivity contribution is -0.138. The third kappa shape index (κ3) is 4.31. The van der Waals surface area contributed by atoms with E-state index in [-0.39, 0.29) is 11.9 Å². The Kier molecular flexibility index (Phi) is 6.13. The molecule has 2 aromatic rings. The molecular formula is C22H27ClN4O. The number of piperidine rings is 1. The molecule has 2 aliphatic heterocycles. The summed E-state index contributed by atoms with van der Waals surface area (Å²) in [7, 11) is 0. The second-order valence-corrected chi connectivity index (χ2v) is 7.99. The van der Waals surface area contributed by atoms with Gasteiger partial charge in [-0.3, -0.25) is 9.69 Å². The minimum Gasteiger partial charge on any atom is -0.354 e. The van der Waals surface area contributed by atoms with Crippen LogP contribution >= 0.6 is 11.6 Å². The minimum absolute atomic E-state index is 0.195. The second kappa shape index (κ2) is 8.93. The summed E-state index contributed by atoms with van der Waals surface area (Å²) in [6.45, 7) is 5.15. The van der Waals surface area contributed by atoms with Crippen molar-refractivity contribution in [3.05, 3.63) is 59.2 Å². The lowest BCUT2D eigenvalue weighted by atomic mass is 10.0. The highest BCUT2D eigenvalue weighted by molar-refractivity contribution is 6.30. The third-order valence-corrected chi connectivity index (χ3v) is 5.96. The van der Waals surface area contributed by atoms with Gasteiger partial charge in [-0.05, 0) is 37.0 Å². The molecule has 0 bridgehead atoms. The van der Waals surface area contributed by atoms with Crippen LogP contribution in [0, 0.1) is 0 Å². The van der Waals surface area contributed by atoms with Gasteiger partial charge in [0.2, 0.25) is 5.91 Å². The number of aromatic nitrogens is 1. The van der Waals surface area contributed by atoms with Crippen LogP contribution in [0.3, 0.4) is 0 Å². The van der Waals surface area contributed by atoms with Crippen molar-refractivity contribution in [1.29, 1.82) is 0 Å². The average molecular weight is 399 g/mol. The zero-order valence-corrected chi connectivity index (χ0v) is 16.9. The van der Waals surface area contributed by atoms with E-state index in [2.05, 4.69) is 31.8 Å². The molecule has 2 fully saturated rings. The van der Waals surface area contributed by atoms with Crippen molar-refractivity contribution in [3.8, 4) is 0 Å². The number of halogens is 1. The molecule has 2 saturated heterocycles. The van der Waals surface area contributed by atoms with Gasteiger partial charge in [-0.2, -0.15) is 0 Å². The van der Waals surface area contributed by atoms with Crippen LogP contribution in [0.2, 0.25) is 5.02 Å². The van der Waals surface area contributed by atoms with E-state index in [0.717, 1.165) is 63.5 Å². The summed E-state index contributed by atoms with van der Waals surface area (Å²) in [5.74, 6) is 1.20. The number of hydrogen-bond acceptors (Lipinski definition) is 4. The van der Waals surface area contributed by atoms with E-state index < -0.39 is 0 Å². The highest BCUT2D eigenvalue weighted by atomic mass is 35.5. The molecule has 1 aromatic carbocycles. The lowest BCUT2D eigenvalue weighted by Crippen LogP contribution is -2.52. The first-order chi connectivity index (χ1) is 13.7. The molecule has 0 aliphatic carbocycles. The molecule has 1 amide bonds. The van der Waals surface area contributed by atoms with Crippen molar-refractivity contribution < 1.29 is 4.79 Å². The van der Waals surface area contributed by atoms with Gasteiger partial charge in [0.25, 0.3) is 0 Å². The topological polar surface area (TPSA) is 39.7 Å². The van der Waals surface area contributed by atoms with Gasteiger partial charge in [0.15, 0.2) is 0 Å². The Labute approximate surface area is 171 Å². The van der Waals surface area contributed by atoms with Crippen molar-refractivity contribution >= 4 is 23.3 Å². The van der Waals surface area contributed by atoms with Crippen LogP contribution in [0.15, 0.2) is 48.7 Å². The van der Waals surface area contributed by atoms with Crippen molar-refractivity contribution in [1.82, 2.24) is 14.8 Å². The second-order valence-electron chi connectivity index (χ2n) is 7.56. The van der Waals surface area contributed by atoms with Gasteiger partial charge >= 0.3 is 0 Å². The predicted octanol–water partition coefficient (Wildman–Crippen LogP) is 3.61. The van der Waals surface area contributed by atoms with Crippen molar-refractivity contribution in [2.24, 2.45) is 0 Å². The predicted molar refractivity (Wildman–Crippen MR) is 113 cm³/mol. The fraction of sp³-hybridized carbons (Fsp3) is 0.455. The maximum absolute atomic E-state index is 13.4. The summed E-state index contributed by atoms with van der Waals surface area (Å²) in [6.07, 6.45) is 5.15. The first-order valence-corrected chi connectivity index (χ1v) is 10.5. The molecule has 0 saturated carbocycles. The monoisotopic (exact) mass is 398 g/mol. The molecule has 3 heterocycles. The van der Waals surface area contributed by atoms with Crippen LogP contribution in [0.5, 0.6) is 0 Å². The molecule has 28 heavy (non-hydrogen) atoms. The molecule has 1 atom stereocenters. The van der Waals surface area contributed by atoms with Gasteiger partial charge in [0.05, 0.1) is 5.02 Å². The van der Waals surface area contributed by atoms with Gasteiger partial charge < -0.3 is 9.80 Å². The van der Waals surface area contributed by atoms with Crippen LogP contribution in [0.25, 0.3) is 0 Å². The van der Waals surface area contributed by atoms with E-state index in [1.54, 1.807) is 6.20 Å². The van der Waals surface area contributed by atoms with Crippen LogP contribution in [-0.4, -0.2) is 60.0 Å². The Balaban J connectivity index is 1.49. The fourth-order valence-corrected chi connectivity index (χ4v) is 4.31. The number of anilines is 1. The number of carbonyl (C=O) groups excluding carboxylic acids is 1. The van der Waals surface area contributed by atoms with Gasteiger partial charge in [-0.25, -0.2) is 4.98 Å². The summed E-state index contributed by atoms with van der Waals surface area (Å²) in [4.78, 5) is 24.5. The summed E-state index contributed by atoms with van der Waals surface area (Å²) in [6, 6.07) is 13.9. The molecule has 1 unspecified atom stereocenters. The number of rotatable bonds is 4. The fourth-order valence-electron chi connectivity index (χ4n) is 4.20. The Morgan fingerprint density at radius 1 is 0.893 bits per heavy atom. The molecule has 5 nitrogen and oxygen atoms in total.